The zero-order valence-corrected chi connectivity index (χ0v) is 15.9. The first-order valence-electron chi connectivity index (χ1n) is 9.74. The highest BCUT2D eigenvalue weighted by atomic mass is 16.5. The first kappa shape index (κ1) is 20.0. The Hall–Kier alpha value is -1.34. The largest absolute Gasteiger partial charge is 0.383 e. The van der Waals surface area contributed by atoms with Crippen LogP contribution in [0.3, 0.4) is 0 Å². The Morgan fingerprint density at radius 3 is 2.52 bits per heavy atom. The molecule has 0 spiro atoms. The summed E-state index contributed by atoms with van der Waals surface area (Å²) < 4.78 is 5.15. The summed E-state index contributed by atoms with van der Waals surface area (Å²) in [6, 6.07) is 0. The maximum atomic E-state index is 12.1. The van der Waals surface area contributed by atoms with E-state index in [2.05, 4.69) is 20.5 Å². The highest BCUT2D eigenvalue weighted by Crippen LogP contribution is 2.16. The van der Waals surface area contributed by atoms with E-state index in [4.69, 9.17) is 4.74 Å². The molecule has 0 saturated carbocycles. The fraction of sp³-hybridized carbons (Fsp3) is 0.889. The fourth-order valence-corrected chi connectivity index (χ4v) is 3.43. The van der Waals surface area contributed by atoms with Crippen molar-refractivity contribution in [1.82, 2.24) is 20.4 Å². The number of guanidine groups is 1. The molecule has 0 radical (unpaired) electrons. The Morgan fingerprint density at radius 1 is 1.16 bits per heavy atom. The van der Waals surface area contributed by atoms with Crippen LogP contribution in [-0.4, -0.2) is 87.7 Å². The van der Waals surface area contributed by atoms with Gasteiger partial charge in [0.1, 0.15) is 6.54 Å². The zero-order valence-electron chi connectivity index (χ0n) is 15.9. The smallest absolute Gasteiger partial charge is 0.244 e. The number of carbonyl (C=O) groups is 1. The average Bonchev–Trinajstić information content (AvgIpc) is 3.17. The highest BCUT2D eigenvalue weighted by Gasteiger charge is 2.20. The molecule has 0 aromatic carbocycles. The second-order valence-corrected chi connectivity index (χ2v) is 6.94. The Labute approximate surface area is 152 Å². The van der Waals surface area contributed by atoms with E-state index < -0.39 is 0 Å². The molecule has 2 N–H and O–H groups in total. The van der Waals surface area contributed by atoms with Crippen LogP contribution < -0.4 is 10.6 Å². The minimum absolute atomic E-state index is 0.140. The summed E-state index contributed by atoms with van der Waals surface area (Å²) in [6.45, 7) is 9.90. The molecule has 2 heterocycles. The fourth-order valence-electron chi connectivity index (χ4n) is 3.43. The SMILES string of the molecule is CCNC(=NCC(=O)N1CCCC1)NCC1CCN(CCOC)CC1. The molecule has 2 aliphatic rings. The highest BCUT2D eigenvalue weighted by molar-refractivity contribution is 5.85. The van der Waals surface area contributed by atoms with E-state index in [0.717, 1.165) is 71.2 Å². The number of hydrogen-bond donors (Lipinski definition) is 2. The maximum absolute atomic E-state index is 12.1. The molecule has 25 heavy (non-hydrogen) atoms. The van der Waals surface area contributed by atoms with Gasteiger partial charge in [0, 0.05) is 39.8 Å². The van der Waals surface area contributed by atoms with E-state index in [1.807, 2.05) is 11.8 Å². The molecule has 2 saturated heterocycles. The van der Waals surface area contributed by atoms with Gasteiger partial charge in [0.2, 0.25) is 5.91 Å². The Balaban J connectivity index is 1.70. The van der Waals surface area contributed by atoms with Crippen LogP contribution in [0, 0.1) is 5.92 Å². The topological polar surface area (TPSA) is 69.2 Å². The molecule has 7 heteroatoms. The van der Waals surface area contributed by atoms with Crippen molar-refractivity contribution in [3.8, 4) is 0 Å². The molecule has 0 bridgehead atoms. The van der Waals surface area contributed by atoms with Crippen molar-refractivity contribution in [2.24, 2.45) is 10.9 Å². The molecular weight excluding hydrogens is 318 g/mol. The predicted molar refractivity (Wildman–Crippen MR) is 101 cm³/mol. The summed E-state index contributed by atoms with van der Waals surface area (Å²) in [5.74, 6) is 1.56. The molecule has 0 aromatic rings. The van der Waals surface area contributed by atoms with Crippen LogP contribution in [0.1, 0.15) is 32.6 Å². The van der Waals surface area contributed by atoms with Gasteiger partial charge >= 0.3 is 0 Å². The van der Waals surface area contributed by atoms with Gasteiger partial charge < -0.3 is 25.2 Å². The van der Waals surface area contributed by atoms with Crippen LogP contribution >= 0.6 is 0 Å². The van der Waals surface area contributed by atoms with E-state index in [1.54, 1.807) is 7.11 Å². The van der Waals surface area contributed by atoms with Crippen molar-refractivity contribution in [2.75, 3.05) is 66.1 Å². The van der Waals surface area contributed by atoms with Gasteiger partial charge in [-0.1, -0.05) is 0 Å². The van der Waals surface area contributed by atoms with Crippen LogP contribution in [0.2, 0.25) is 0 Å². The van der Waals surface area contributed by atoms with Crippen LogP contribution in [0.4, 0.5) is 0 Å². The van der Waals surface area contributed by atoms with Crippen molar-refractivity contribution < 1.29 is 9.53 Å². The summed E-state index contributed by atoms with van der Waals surface area (Å²) in [4.78, 5) is 21.0. The summed E-state index contributed by atoms with van der Waals surface area (Å²) in [6.07, 6.45) is 4.64. The van der Waals surface area contributed by atoms with E-state index in [9.17, 15) is 4.79 Å². The van der Waals surface area contributed by atoms with E-state index in [-0.39, 0.29) is 12.5 Å². The minimum Gasteiger partial charge on any atom is -0.383 e. The van der Waals surface area contributed by atoms with Gasteiger partial charge in [0.25, 0.3) is 0 Å². The number of amides is 1. The molecule has 0 unspecified atom stereocenters. The Morgan fingerprint density at radius 2 is 1.88 bits per heavy atom. The summed E-state index contributed by atoms with van der Waals surface area (Å²) >= 11 is 0. The van der Waals surface area contributed by atoms with Crippen LogP contribution in [0.15, 0.2) is 4.99 Å². The number of ether oxygens (including phenoxy) is 1. The van der Waals surface area contributed by atoms with Crippen molar-refractivity contribution in [2.45, 2.75) is 32.6 Å². The summed E-state index contributed by atoms with van der Waals surface area (Å²) in [5.41, 5.74) is 0. The van der Waals surface area contributed by atoms with Crippen LogP contribution in [0.5, 0.6) is 0 Å². The first-order chi connectivity index (χ1) is 12.2. The molecule has 2 rings (SSSR count). The van der Waals surface area contributed by atoms with Crippen molar-refractivity contribution >= 4 is 11.9 Å². The van der Waals surface area contributed by atoms with Gasteiger partial charge in [-0.2, -0.15) is 0 Å². The first-order valence-corrected chi connectivity index (χ1v) is 9.74. The number of rotatable bonds is 8. The molecular formula is C18H35N5O2. The second kappa shape index (κ2) is 11.3. The summed E-state index contributed by atoms with van der Waals surface area (Å²) in [7, 11) is 1.76. The monoisotopic (exact) mass is 353 g/mol. The van der Waals surface area contributed by atoms with Gasteiger partial charge in [-0.3, -0.25) is 4.79 Å². The molecule has 144 valence electrons. The molecule has 2 fully saturated rings. The molecule has 0 atom stereocenters. The summed E-state index contributed by atoms with van der Waals surface area (Å²) in [5, 5.41) is 6.67. The zero-order chi connectivity index (χ0) is 17.9. The number of hydrogen-bond acceptors (Lipinski definition) is 4. The van der Waals surface area contributed by atoms with Crippen LogP contribution in [-0.2, 0) is 9.53 Å². The standard InChI is InChI=1S/C18H35N5O2/c1-3-19-18(21-15-17(24)23-8-4-5-9-23)20-14-16-6-10-22(11-7-16)12-13-25-2/h16H,3-15H2,1-2H3,(H2,19,20,21). The number of nitrogens with one attached hydrogen (secondary N) is 2. The third-order valence-electron chi connectivity index (χ3n) is 5.05. The van der Waals surface area contributed by atoms with E-state index >= 15 is 0 Å². The van der Waals surface area contributed by atoms with Crippen molar-refractivity contribution in [3.63, 3.8) is 0 Å². The van der Waals surface area contributed by atoms with Gasteiger partial charge in [-0.25, -0.2) is 4.99 Å². The Bertz CT molecular complexity index is 416. The molecule has 0 aromatic heterocycles. The number of aliphatic imine (C=N–C) groups is 1. The molecule has 0 aliphatic carbocycles. The van der Waals surface area contributed by atoms with E-state index in [0.29, 0.717) is 5.92 Å². The van der Waals surface area contributed by atoms with Crippen molar-refractivity contribution in [1.29, 1.82) is 0 Å². The lowest BCUT2D eigenvalue weighted by Crippen LogP contribution is -2.43. The predicted octanol–water partition coefficient (Wildman–Crippen LogP) is 0.522. The lowest BCUT2D eigenvalue weighted by molar-refractivity contribution is -0.128. The minimum atomic E-state index is 0.140. The van der Waals surface area contributed by atoms with Gasteiger partial charge in [-0.15, -0.1) is 0 Å². The number of piperidine rings is 1. The molecule has 2 aliphatic heterocycles. The maximum Gasteiger partial charge on any atom is 0.244 e. The third kappa shape index (κ3) is 7.20. The quantitative estimate of drug-likeness (QED) is 0.492. The number of likely N-dealkylation sites (tertiary alicyclic amines) is 2. The number of methoxy groups -OCH3 is 1. The van der Waals surface area contributed by atoms with Gasteiger partial charge in [0.15, 0.2) is 5.96 Å². The Kier molecular flexibility index (Phi) is 9.04. The lowest BCUT2D eigenvalue weighted by atomic mass is 9.97. The van der Waals surface area contributed by atoms with Crippen LogP contribution in [0.25, 0.3) is 0 Å². The molecule has 7 nitrogen and oxygen atoms in total. The van der Waals surface area contributed by atoms with Gasteiger partial charge in [-0.05, 0) is 51.6 Å². The molecule has 1 amide bonds. The second-order valence-electron chi connectivity index (χ2n) is 6.94. The third-order valence-corrected chi connectivity index (χ3v) is 5.05. The van der Waals surface area contributed by atoms with E-state index in [1.165, 1.54) is 12.8 Å². The van der Waals surface area contributed by atoms with Gasteiger partial charge in [0.05, 0.1) is 6.61 Å². The average molecular weight is 354 g/mol. The van der Waals surface area contributed by atoms with Crippen molar-refractivity contribution in [3.05, 3.63) is 0 Å². The lowest BCUT2D eigenvalue weighted by Gasteiger charge is -2.32. The normalized spacial score (nSPS) is 20.1. The number of nitrogens with zero attached hydrogens (tertiary/aromatic N) is 3. The number of carbonyl (C=O) groups excluding carboxylic acids is 1.